The Balaban J connectivity index is 1.67. The van der Waals surface area contributed by atoms with Gasteiger partial charge in [0.1, 0.15) is 0 Å². The van der Waals surface area contributed by atoms with Crippen molar-refractivity contribution in [3.05, 3.63) is 53.6 Å². The van der Waals surface area contributed by atoms with Crippen molar-refractivity contribution in [1.29, 1.82) is 0 Å². The van der Waals surface area contributed by atoms with Crippen LogP contribution in [0.15, 0.2) is 47.6 Å². The third-order valence-corrected chi connectivity index (χ3v) is 5.52. The van der Waals surface area contributed by atoms with Gasteiger partial charge < -0.3 is 14.8 Å². The number of carbonyl (C=O) groups excluding carboxylic acids is 3. The van der Waals surface area contributed by atoms with Crippen LogP contribution >= 0.6 is 11.8 Å². The molecule has 0 saturated heterocycles. The molecular weight excluding hydrogens is 418 g/mol. The fraction of sp³-hybridized carbons (Fsp3) is 0.273. The molecule has 1 aliphatic rings. The van der Waals surface area contributed by atoms with E-state index in [9.17, 15) is 14.4 Å². The molecule has 0 aromatic heterocycles. The molecule has 1 N–H and O–H groups in total. The SMILES string of the molecule is COc1ccc(C2=NN(CCc3ccc(NC(=O)C(C)=O)cc3)C(=O)SC2)cc1OC. The lowest BCUT2D eigenvalue weighted by molar-refractivity contribution is -0.133. The van der Waals surface area contributed by atoms with Crippen LogP contribution < -0.4 is 14.8 Å². The van der Waals surface area contributed by atoms with Crippen LogP contribution in [0.3, 0.4) is 0 Å². The van der Waals surface area contributed by atoms with Gasteiger partial charge in [-0.15, -0.1) is 0 Å². The molecule has 0 spiro atoms. The first kappa shape index (κ1) is 22.4. The number of thioether (sulfide) groups is 1. The van der Waals surface area contributed by atoms with Gasteiger partial charge in [0.05, 0.1) is 19.9 Å². The molecule has 8 nitrogen and oxygen atoms in total. The topological polar surface area (TPSA) is 97.3 Å². The van der Waals surface area contributed by atoms with Gasteiger partial charge in [-0.2, -0.15) is 5.10 Å². The Morgan fingerprint density at radius 1 is 1.10 bits per heavy atom. The number of Topliss-reactive ketones (excluding diaryl/α,β-unsaturated/α-hetero) is 1. The van der Waals surface area contributed by atoms with Gasteiger partial charge in [-0.1, -0.05) is 23.9 Å². The maximum Gasteiger partial charge on any atom is 0.302 e. The van der Waals surface area contributed by atoms with Gasteiger partial charge in [-0.05, 0) is 42.3 Å². The molecule has 162 valence electrons. The molecule has 2 aromatic rings. The Morgan fingerprint density at radius 2 is 1.81 bits per heavy atom. The highest BCUT2D eigenvalue weighted by atomic mass is 32.2. The summed E-state index contributed by atoms with van der Waals surface area (Å²) in [6.45, 7) is 1.63. The van der Waals surface area contributed by atoms with Crippen molar-refractivity contribution in [3.8, 4) is 11.5 Å². The van der Waals surface area contributed by atoms with Gasteiger partial charge in [0.2, 0.25) is 5.78 Å². The summed E-state index contributed by atoms with van der Waals surface area (Å²) in [6.07, 6.45) is 0.593. The van der Waals surface area contributed by atoms with E-state index in [1.54, 1.807) is 26.4 Å². The first-order chi connectivity index (χ1) is 14.9. The molecule has 0 fully saturated rings. The highest BCUT2D eigenvalue weighted by Crippen LogP contribution is 2.29. The second-order valence-corrected chi connectivity index (χ2v) is 7.68. The number of ether oxygens (including phenoxy) is 2. The van der Waals surface area contributed by atoms with Crippen LogP contribution in [0.4, 0.5) is 10.5 Å². The van der Waals surface area contributed by atoms with Crippen molar-refractivity contribution >= 4 is 40.1 Å². The van der Waals surface area contributed by atoms with E-state index in [1.165, 1.54) is 23.7 Å². The summed E-state index contributed by atoms with van der Waals surface area (Å²) in [5.74, 6) is 0.517. The summed E-state index contributed by atoms with van der Waals surface area (Å²) < 4.78 is 10.6. The van der Waals surface area contributed by atoms with Gasteiger partial charge in [0.25, 0.3) is 5.91 Å². The lowest BCUT2D eigenvalue weighted by atomic mass is 10.1. The van der Waals surface area contributed by atoms with E-state index in [1.807, 2.05) is 30.3 Å². The van der Waals surface area contributed by atoms with Crippen LogP contribution in [-0.2, 0) is 16.0 Å². The number of carbonyl (C=O) groups is 3. The van der Waals surface area contributed by atoms with Crippen LogP contribution in [0.25, 0.3) is 0 Å². The zero-order valence-corrected chi connectivity index (χ0v) is 18.3. The summed E-state index contributed by atoms with van der Waals surface area (Å²) in [4.78, 5) is 34.8. The van der Waals surface area contributed by atoms with Crippen molar-refractivity contribution < 1.29 is 23.9 Å². The number of methoxy groups -OCH3 is 2. The van der Waals surface area contributed by atoms with E-state index in [0.717, 1.165) is 16.8 Å². The first-order valence-electron chi connectivity index (χ1n) is 9.56. The van der Waals surface area contributed by atoms with Gasteiger partial charge in [-0.3, -0.25) is 14.4 Å². The number of nitrogens with zero attached hydrogens (tertiary/aromatic N) is 2. The van der Waals surface area contributed by atoms with Crippen LogP contribution in [0.1, 0.15) is 18.1 Å². The van der Waals surface area contributed by atoms with Crippen molar-refractivity contribution in [3.63, 3.8) is 0 Å². The molecule has 9 heteroatoms. The predicted octanol–water partition coefficient (Wildman–Crippen LogP) is 3.35. The fourth-order valence-corrected chi connectivity index (χ4v) is 3.69. The van der Waals surface area contributed by atoms with Gasteiger partial charge in [0, 0.05) is 30.5 Å². The zero-order chi connectivity index (χ0) is 22.4. The molecule has 0 bridgehead atoms. The number of hydrogen-bond donors (Lipinski definition) is 1. The molecule has 0 unspecified atom stereocenters. The molecule has 2 aromatic carbocycles. The summed E-state index contributed by atoms with van der Waals surface area (Å²) in [7, 11) is 3.15. The van der Waals surface area contributed by atoms with Crippen molar-refractivity contribution in [2.45, 2.75) is 13.3 Å². The Bertz CT molecular complexity index is 1020. The maximum atomic E-state index is 12.3. The second-order valence-electron chi connectivity index (χ2n) is 6.75. The summed E-state index contributed by atoms with van der Waals surface area (Å²) >= 11 is 1.20. The molecular formula is C22H23N3O5S. The summed E-state index contributed by atoms with van der Waals surface area (Å²) in [6, 6.07) is 12.7. The molecule has 2 amide bonds. The Hall–Kier alpha value is -3.33. The zero-order valence-electron chi connectivity index (χ0n) is 17.5. The van der Waals surface area contributed by atoms with Crippen LogP contribution in [0.2, 0.25) is 0 Å². The average molecular weight is 442 g/mol. The van der Waals surface area contributed by atoms with E-state index in [2.05, 4.69) is 10.4 Å². The number of amides is 2. The van der Waals surface area contributed by atoms with Crippen LogP contribution in [0.5, 0.6) is 11.5 Å². The van der Waals surface area contributed by atoms with E-state index >= 15 is 0 Å². The van der Waals surface area contributed by atoms with E-state index < -0.39 is 11.7 Å². The first-order valence-corrected chi connectivity index (χ1v) is 10.5. The molecule has 0 saturated carbocycles. The lowest BCUT2D eigenvalue weighted by Gasteiger charge is -2.23. The minimum atomic E-state index is -0.652. The highest BCUT2D eigenvalue weighted by Gasteiger charge is 2.22. The van der Waals surface area contributed by atoms with Crippen molar-refractivity contribution in [2.24, 2.45) is 5.10 Å². The Kier molecular flexibility index (Phi) is 7.30. The Labute approximate surface area is 184 Å². The average Bonchev–Trinajstić information content (AvgIpc) is 2.78. The quantitative estimate of drug-likeness (QED) is 0.631. The minimum absolute atomic E-state index is 0.102. The Morgan fingerprint density at radius 3 is 2.45 bits per heavy atom. The van der Waals surface area contributed by atoms with Crippen molar-refractivity contribution in [1.82, 2.24) is 5.01 Å². The van der Waals surface area contributed by atoms with E-state index in [0.29, 0.717) is 35.9 Å². The van der Waals surface area contributed by atoms with Gasteiger partial charge in [-0.25, -0.2) is 5.01 Å². The molecule has 1 heterocycles. The second kappa shape index (κ2) is 10.1. The van der Waals surface area contributed by atoms with Gasteiger partial charge in [0.15, 0.2) is 11.5 Å². The third kappa shape index (κ3) is 5.64. The standard InChI is InChI=1S/C22H23N3O5S/c1-14(26)21(27)23-17-7-4-15(5-8-17)10-11-25-22(28)31-13-18(24-25)16-6-9-19(29-2)20(12-16)30-3/h4-9,12H,10-11,13H2,1-3H3,(H,23,27). The number of anilines is 1. The number of hydrogen-bond acceptors (Lipinski definition) is 7. The number of nitrogens with one attached hydrogen (secondary N) is 1. The number of ketones is 1. The smallest absolute Gasteiger partial charge is 0.302 e. The van der Waals surface area contributed by atoms with Crippen molar-refractivity contribution in [2.75, 3.05) is 31.8 Å². The molecule has 3 rings (SSSR count). The van der Waals surface area contributed by atoms with Crippen LogP contribution in [0, 0.1) is 0 Å². The molecule has 0 radical (unpaired) electrons. The molecule has 0 atom stereocenters. The number of benzene rings is 2. The third-order valence-electron chi connectivity index (χ3n) is 4.65. The number of hydrazone groups is 1. The fourth-order valence-electron chi connectivity index (χ4n) is 2.93. The van der Waals surface area contributed by atoms with Gasteiger partial charge >= 0.3 is 5.24 Å². The van der Waals surface area contributed by atoms with E-state index in [-0.39, 0.29) is 5.24 Å². The number of rotatable bonds is 8. The lowest BCUT2D eigenvalue weighted by Crippen LogP contribution is -2.31. The van der Waals surface area contributed by atoms with E-state index in [4.69, 9.17) is 9.47 Å². The normalized spacial score (nSPS) is 13.5. The summed E-state index contributed by atoms with van der Waals surface area (Å²) in [5.41, 5.74) is 3.18. The predicted molar refractivity (Wildman–Crippen MR) is 120 cm³/mol. The highest BCUT2D eigenvalue weighted by molar-refractivity contribution is 8.14. The molecule has 1 aliphatic heterocycles. The largest absolute Gasteiger partial charge is 0.493 e. The molecule has 31 heavy (non-hydrogen) atoms. The molecule has 0 aliphatic carbocycles. The minimum Gasteiger partial charge on any atom is -0.493 e. The summed E-state index contributed by atoms with van der Waals surface area (Å²) in [5, 5.41) is 8.43. The monoisotopic (exact) mass is 441 g/mol. The maximum absolute atomic E-state index is 12.3. The van der Waals surface area contributed by atoms with Crippen LogP contribution in [-0.4, -0.2) is 54.2 Å².